The minimum Gasteiger partial charge on any atom is -0.347 e. The van der Waals surface area contributed by atoms with Gasteiger partial charge in [0.15, 0.2) is 0 Å². The Morgan fingerprint density at radius 1 is 1.04 bits per heavy atom. The smallest absolute Gasteiger partial charge is 0.247 e. The highest BCUT2D eigenvalue weighted by Gasteiger charge is 2.31. The van der Waals surface area contributed by atoms with Crippen molar-refractivity contribution < 1.29 is 4.79 Å². The summed E-state index contributed by atoms with van der Waals surface area (Å²) in [5.41, 5.74) is 2.23. The zero-order valence-corrected chi connectivity index (χ0v) is 14.0. The molecule has 1 aliphatic heterocycles. The summed E-state index contributed by atoms with van der Waals surface area (Å²) in [6.45, 7) is 1.57. The Kier molecular flexibility index (Phi) is 4.05. The van der Waals surface area contributed by atoms with Crippen molar-refractivity contribution in [3.63, 3.8) is 0 Å². The Morgan fingerprint density at radius 3 is 2.71 bits per heavy atom. The van der Waals surface area contributed by atoms with E-state index in [1.807, 2.05) is 47.4 Å². The summed E-state index contributed by atoms with van der Waals surface area (Å²) < 4.78 is 2.25. The van der Waals surface area contributed by atoms with Crippen molar-refractivity contribution >= 4 is 23.3 Å². The summed E-state index contributed by atoms with van der Waals surface area (Å²) in [6.07, 6.45) is 5.67. The van der Waals surface area contributed by atoms with Gasteiger partial charge in [0, 0.05) is 35.9 Å². The van der Waals surface area contributed by atoms with Gasteiger partial charge in [0.2, 0.25) is 5.91 Å². The number of hydrogen-bond acceptors (Lipinski definition) is 2. The fourth-order valence-electron chi connectivity index (χ4n) is 3.19. The molecule has 0 saturated carbocycles. The fourth-order valence-corrected chi connectivity index (χ4v) is 4.04. The van der Waals surface area contributed by atoms with Crippen LogP contribution in [0.5, 0.6) is 0 Å². The lowest BCUT2D eigenvalue weighted by Gasteiger charge is -2.36. The second kappa shape index (κ2) is 6.49. The molecule has 1 atom stereocenters. The highest BCUT2D eigenvalue weighted by Crippen LogP contribution is 2.35. The summed E-state index contributed by atoms with van der Waals surface area (Å²) in [7, 11) is 0. The molecule has 0 bridgehead atoms. The predicted molar refractivity (Wildman–Crippen MR) is 97.8 cm³/mol. The standard InChI is InChI=1S/C20H18N2OS/c23-19(11-10-16-6-2-1-3-7-16)22-14-13-21-12-4-8-17(21)20(22)18-9-5-15-24-18/h1-12,15,20H,13-14H2/b11-10+. The third-order valence-corrected chi connectivity index (χ3v) is 5.28. The van der Waals surface area contributed by atoms with Crippen LogP contribution in [0.3, 0.4) is 0 Å². The number of carbonyl (C=O) groups excluding carboxylic acids is 1. The molecule has 120 valence electrons. The first-order valence-electron chi connectivity index (χ1n) is 8.05. The molecule has 1 amide bonds. The first-order chi connectivity index (χ1) is 11.8. The van der Waals surface area contributed by atoms with E-state index in [0.29, 0.717) is 0 Å². The van der Waals surface area contributed by atoms with Crippen LogP contribution in [0, 0.1) is 0 Å². The minimum absolute atomic E-state index is 0.00155. The molecule has 0 spiro atoms. The first kappa shape index (κ1) is 15.0. The predicted octanol–water partition coefficient (Wildman–Crippen LogP) is 4.19. The lowest BCUT2D eigenvalue weighted by Crippen LogP contribution is -2.41. The van der Waals surface area contributed by atoms with Gasteiger partial charge in [0.05, 0.1) is 0 Å². The van der Waals surface area contributed by atoms with E-state index < -0.39 is 0 Å². The van der Waals surface area contributed by atoms with Crippen LogP contribution >= 0.6 is 11.3 Å². The number of nitrogens with zero attached hydrogens (tertiary/aromatic N) is 2. The number of hydrogen-bond donors (Lipinski definition) is 0. The quantitative estimate of drug-likeness (QED) is 0.659. The molecule has 24 heavy (non-hydrogen) atoms. The zero-order chi connectivity index (χ0) is 16.4. The van der Waals surface area contributed by atoms with Crippen molar-refractivity contribution in [3.8, 4) is 0 Å². The summed E-state index contributed by atoms with van der Waals surface area (Å²) in [5, 5.41) is 2.07. The maximum atomic E-state index is 12.8. The molecule has 1 unspecified atom stereocenters. The van der Waals surface area contributed by atoms with E-state index in [4.69, 9.17) is 0 Å². The van der Waals surface area contributed by atoms with E-state index >= 15 is 0 Å². The topological polar surface area (TPSA) is 25.2 Å². The van der Waals surface area contributed by atoms with Gasteiger partial charge in [-0.2, -0.15) is 0 Å². The number of rotatable bonds is 3. The van der Waals surface area contributed by atoms with Gasteiger partial charge in [-0.25, -0.2) is 0 Å². The van der Waals surface area contributed by atoms with Crippen LogP contribution in [-0.4, -0.2) is 21.9 Å². The van der Waals surface area contributed by atoms with Gasteiger partial charge in [-0.3, -0.25) is 4.79 Å². The number of benzene rings is 1. The van der Waals surface area contributed by atoms with Crippen LogP contribution < -0.4 is 0 Å². The second-order valence-electron chi connectivity index (χ2n) is 5.82. The van der Waals surface area contributed by atoms with Gasteiger partial charge >= 0.3 is 0 Å². The molecular formula is C20H18N2OS. The van der Waals surface area contributed by atoms with E-state index in [-0.39, 0.29) is 11.9 Å². The molecule has 2 aromatic heterocycles. The molecule has 0 fully saturated rings. The first-order valence-corrected chi connectivity index (χ1v) is 8.93. The fraction of sp³-hybridized carbons (Fsp3) is 0.150. The van der Waals surface area contributed by atoms with E-state index in [0.717, 1.165) is 18.7 Å². The molecule has 3 nitrogen and oxygen atoms in total. The highest BCUT2D eigenvalue weighted by atomic mass is 32.1. The van der Waals surface area contributed by atoms with Gasteiger partial charge < -0.3 is 9.47 Å². The molecule has 1 aliphatic rings. The third kappa shape index (κ3) is 2.81. The minimum atomic E-state index is 0.00155. The third-order valence-electron chi connectivity index (χ3n) is 4.35. The zero-order valence-electron chi connectivity index (χ0n) is 13.2. The van der Waals surface area contributed by atoms with Crippen molar-refractivity contribution in [2.45, 2.75) is 12.6 Å². The van der Waals surface area contributed by atoms with Crippen LogP contribution in [0.25, 0.3) is 6.08 Å². The van der Waals surface area contributed by atoms with E-state index in [1.165, 1.54) is 10.6 Å². The number of aromatic nitrogens is 1. The van der Waals surface area contributed by atoms with E-state index in [2.05, 4.69) is 34.3 Å². The Hall–Kier alpha value is -2.59. The molecule has 1 aromatic carbocycles. The molecule has 3 heterocycles. The molecule has 4 heteroatoms. The number of fused-ring (bicyclic) bond motifs is 1. The van der Waals surface area contributed by atoms with Crippen LogP contribution in [0.1, 0.15) is 22.2 Å². The van der Waals surface area contributed by atoms with E-state index in [9.17, 15) is 4.79 Å². The average Bonchev–Trinajstić information content (AvgIpc) is 3.31. The Morgan fingerprint density at radius 2 is 1.92 bits per heavy atom. The molecule has 0 N–H and O–H groups in total. The van der Waals surface area contributed by atoms with Crippen molar-refractivity contribution in [1.82, 2.24) is 9.47 Å². The largest absolute Gasteiger partial charge is 0.347 e. The summed E-state index contributed by atoms with van der Waals surface area (Å²) in [6, 6.07) is 18.3. The van der Waals surface area contributed by atoms with Crippen LogP contribution in [0.15, 0.2) is 72.3 Å². The Balaban J connectivity index is 1.64. The number of amides is 1. The molecule has 0 aliphatic carbocycles. The van der Waals surface area contributed by atoms with Crippen molar-refractivity contribution in [2.75, 3.05) is 6.54 Å². The van der Waals surface area contributed by atoms with Gasteiger partial charge in [0.25, 0.3) is 0 Å². The van der Waals surface area contributed by atoms with Gasteiger partial charge in [0.1, 0.15) is 6.04 Å². The van der Waals surface area contributed by atoms with Crippen LogP contribution in [0.2, 0.25) is 0 Å². The SMILES string of the molecule is O=C(/C=C/c1ccccc1)N1CCn2cccc2C1c1cccs1. The maximum Gasteiger partial charge on any atom is 0.247 e. The molecule has 4 rings (SSSR count). The maximum absolute atomic E-state index is 12.8. The van der Waals surface area contributed by atoms with E-state index in [1.54, 1.807) is 17.4 Å². The van der Waals surface area contributed by atoms with Crippen molar-refractivity contribution in [2.24, 2.45) is 0 Å². The van der Waals surface area contributed by atoms with Gasteiger partial charge in [-0.05, 0) is 35.2 Å². The monoisotopic (exact) mass is 334 g/mol. The van der Waals surface area contributed by atoms with Gasteiger partial charge in [-0.15, -0.1) is 11.3 Å². The van der Waals surface area contributed by atoms with Crippen LogP contribution in [-0.2, 0) is 11.3 Å². The number of thiophene rings is 1. The summed E-state index contributed by atoms with van der Waals surface area (Å²) >= 11 is 1.70. The number of carbonyl (C=O) groups is 1. The normalized spacial score (nSPS) is 17.2. The van der Waals surface area contributed by atoms with Gasteiger partial charge in [-0.1, -0.05) is 36.4 Å². The lowest BCUT2D eigenvalue weighted by atomic mass is 10.1. The van der Waals surface area contributed by atoms with Crippen molar-refractivity contribution in [3.05, 3.63) is 88.4 Å². The second-order valence-corrected chi connectivity index (χ2v) is 6.80. The highest BCUT2D eigenvalue weighted by molar-refractivity contribution is 7.10. The summed E-state index contributed by atoms with van der Waals surface area (Å²) in [5.74, 6) is 0.0599. The molecule has 3 aromatic rings. The Bertz CT molecular complexity index is 849. The molecular weight excluding hydrogens is 316 g/mol. The summed E-state index contributed by atoms with van der Waals surface area (Å²) in [4.78, 5) is 16.0. The Labute approximate surface area is 145 Å². The molecule has 0 radical (unpaired) electrons. The average molecular weight is 334 g/mol. The van der Waals surface area contributed by atoms with Crippen molar-refractivity contribution in [1.29, 1.82) is 0 Å². The van der Waals surface area contributed by atoms with Crippen LogP contribution in [0.4, 0.5) is 0 Å². The lowest BCUT2D eigenvalue weighted by molar-refractivity contribution is -0.128. The molecule has 0 saturated heterocycles.